The minimum atomic E-state index is -5.08. The fraction of sp³-hybridized carbons (Fsp3) is 0.310. The average Bonchev–Trinajstić information content (AvgIpc) is 3.46. The van der Waals surface area contributed by atoms with E-state index in [0.29, 0.717) is 17.5 Å². The van der Waals surface area contributed by atoms with E-state index in [1.807, 2.05) is 73.4 Å². The van der Waals surface area contributed by atoms with Gasteiger partial charge in [-0.2, -0.15) is 26.3 Å². The molecule has 19 heteroatoms. The van der Waals surface area contributed by atoms with E-state index in [0.717, 1.165) is 53.2 Å². The third kappa shape index (κ3) is 12.6. The van der Waals surface area contributed by atoms with E-state index in [-0.39, 0.29) is 5.25 Å². The van der Waals surface area contributed by atoms with Crippen molar-refractivity contribution in [3.05, 3.63) is 78.0 Å². The van der Waals surface area contributed by atoms with Crippen LogP contribution in [0.2, 0.25) is 0 Å². The summed E-state index contributed by atoms with van der Waals surface area (Å²) < 4.78 is 69.7. The zero-order valence-corrected chi connectivity index (χ0v) is 26.5. The van der Waals surface area contributed by atoms with Crippen molar-refractivity contribution in [3.8, 4) is 11.5 Å². The Morgan fingerprint density at radius 1 is 0.979 bits per heavy atom. The number of hydrogen-bond acceptors (Lipinski definition) is 11. The maximum Gasteiger partial charge on any atom is 0.490 e. The van der Waals surface area contributed by atoms with E-state index < -0.39 is 24.3 Å². The number of nitrogens with one attached hydrogen (secondary N) is 2. The first-order chi connectivity index (χ1) is 22.6. The second-order valence-corrected chi connectivity index (χ2v) is 11.8. The molecule has 4 heterocycles. The molecule has 258 valence electrons. The maximum absolute atomic E-state index is 10.6. The van der Waals surface area contributed by atoms with Gasteiger partial charge in [0, 0.05) is 28.9 Å². The smallest absolute Gasteiger partial charge is 0.475 e. The number of carboxylic acids is 2. The Bertz CT molecular complexity index is 1580. The molecule has 1 unspecified atom stereocenters. The van der Waals surface area contributed by atoms with E-state index in [2.05, 4.69) is 25.6 Å². The van der Waals surface area contributed by atoms with Crippen molar-refractivity contribution < 1.29 is 50.9 Å². The van der Waals surface area contributed by atoms with Crippen molar-refractivity contribution in [1.82, 2.24) is 25.3 Å². The van der Waals surface area contributed by atoms with Gasteiger partial charge in [-0.05, 0) is 63.0 Å². The lowest BCUT2D eigenvalue weighted by Crippen LogP contribution is -2.30. The number of carboxylic acid groups (broad SMARTS) is 2. The number of aryl methyl sites for hydroxylation is 1. The molecule has 48 heavy (non-hydrogen) atoms. The fourth-order valence-corrected chi connectivity index (χ4v) is 5.86. The fourth-order valence-electron chi connectivity index (χ4n) is 3.90. The third-order valence-corrected chi connectivity index (χ3v) is 8.26. The van der Waals surface area contributed by atoms with E-state index in [9.17, 15) is 26.3 Å². The number of alkyl halides is 6. The molecule has 0 amide bonds. The summed E-state index contributed by atoms with van der Waals surface area (Å²) in [6.07, 6.45) is -2.44. The Morgan fingerprint density at radius 2 is 1.56 bits per heavy atom. The zero-order chi connectivity index (χ0) is 35.3. The van der Waals surface area contributed by atoms with Gasteiger partial charge in [-0.1, -0.05) is 18.2 Å². The molecule has 1 aliphatic rings. The molecule has 1 saturated heterocycles. The number of aromatic nitrogens is 4. The lowest BCUT2D eigenvalue weighted by Gasteiger charge is -2.29. The Morgan fingerprint density at radius 3 is 2.08 bits per heavy atom. The molecule has 0 saturated carbocycles. The number of para-hydroxylation sites is 1. The summed E-state index contributed by atoms with van der Waals surface area (Å²) in [5.74, 6) is -2.11. The molecule has 4 N–H and O–H groups in total. The van der Waals surface area contributed by atoms with Crippen LogP contribution in [-0.4, -0.2) is 67.5 Å². The molecular weight excluding hydrogens is 690 g/mol. The highest BCUT2D eigenvalue weighted by Crippen LogP contribution is 2.44. The number of nitrogens with zero attached hydrogens (tertiary/aromatic N) is 4. The molecule has 5 rings (SSSR count). The van der Waals surface area contributed by atoms with Gasteiger partial charge in [-0.3, -0.25) is 0 Å². The number of anilines is 2. The van der Waals surface area contributed by atoms with Crippen molar-refractivity contribution in [2.45, 2.75) is 42.3 Å². The normalized spacial score (nSPS) is 14.0. The number of halogens is 6. The van der Waals surface area contributed by atoms with Crippen LogP contribution in [0.1, 0.15) is 29.6 Å². The second kappa shape index (κ2) is 17.6. The van der Waals surface area contributed by atoms with Crippen molar-refractivity contribution in [2.75, 3.05) is 18.4 Å². The third-order valence-electron chi connectivity index (χ3n) is 6.04. The second-order valence-electron chi connectivity index (χ2n) is 9.69. The lowest BCUT2D eigenvalue weighted by molar-refractivity contribution is -0.193. The van der Waals surface area contributed by atoms with Crippen molar-refractivity contribution in [3.63, 3.8) is 0 Å². The summed E-state index contributed by atoms with van der Waals surface area (Å²) in [6, 6.07) is 13.7. The molecular formula is C29H28F6N6O5S2. The summed E-state index contributed by atoms with van der Waals surface area (Å²) >= 11 is 3.30. The average molecular weight is 719 g/mol. The topological polar surface area (TPSA) is 159 Å². The van der Waals surface area contributed by atoms with Crippen LogP contribution < -0.4 is 15.4 Å². The highest BCUT2D eigenvalue weighted by Gasteiger charge is 2.39. The Balaban J connectivity index is 0.000000376. The van der Waals surface area contributed by atoms with Crippen molar-refractivity contribution >= 4 is 46.0 Å². The van der Waals surface area contributed by atoms with E-state index in [4.69, 9.17) is 29.5 Å². The van der Waals surface area contributed by atoms with Crippen LogP contribution in [0.25, 0.3) is 0 Å². The van der Waals surface area contributed by atoms with Gasteiger partial charge in [0.05, 0.1) is 10.9 Å². The molecule has 1 fully saturated rings. The molecule has 0 spiro atoms. The van der Waals surface area contributed by atoms with Gasteiger partial charge in [-0.15, -0.1) is 23.1 Å². The maximum atomic E-state index is 10.6. The van der Waals surface area contributed by atoms with E-state index in [1.165, 1.54) is 0 Å². The summed E-state index contributed by atoms with van der Waals surface area (Å²) in [5, 5.41) is 24.0. The van der Waals surface area contributed by atoms with Gasteiger partial charge in [0.2, 0.25) is 0 Å². The highest BCUT2D eigenvalue weighted by atomic mass is 32.2. The van der Waals surface area contributed by atoms with Gasteiger partial charge in [0.25, 0.3) is 0 Å². The minimum Gasteiger partial charge on any atom is -0.475 e. The number of aliphatic carboxylic acids is 2. The summed E-state index contributed by atoms with van der Waals surface area (Å²) in [4.78, 5) is 37.2. The molecule has 1 aliphatic heterocycles. The number of thiazole rings is 1. The van der Waals surface area contributed by atoms with Crippen LogP contribution in [0.5, 0.6) is 11.5 Å². The van der Waals surface area contributed by atoms with Gasteiger partial charge in [0.1, 0.15) is 11.6 Å². The summed E-state index contributed by atoms with van der Waals surface area (Å²) in [5.41, 5.74) is 0.970. The SMILES string of the molecule is Cc1csc(Nc2ncc(SC(c3ncccn3)C3CCNCC3)cc2Oc2ccccc2)n1.O=C(O)C(F)(F)F.O=C(O)C(F)(F)F. The molecule has 3 aromatic heterocycles. The number of pyridine rings is 1. The molecule has 0 aliphatic carbocycles. The van der Waals surface area contributed by atoms with Gasteiger partial charge < -0.3 is 25.6 Å². The predicted octanol–water partition coefficient (Wildman–Crippen LogP) is 7.27. The van der Waals surface area contributed by atoms with Crippen LogP contribution in [-0.2, 0) is 9.59 Å². The van der Waals surface area contributed by atoms with Gasteiger partial charge >= 0.3 is 24.3 Å². The number of rotatable bonds is 8. The van der Waals surface area contributed by atoms with Crippen molar-refractivity contribution in [2.24, 2.45) is 5.92 Å². The number of piperidine rings is 1. The first-order valence-corrected chi connectivity index (χ1v) is 15.6. The quantitative estimate of drug-likeness (QED) is 0.107. The summed E-state index contributed by atoms with van der Waals surface area (Å²) in [6.45, 7) is 4.01. The lowest BCUT2D eigenvalue weighted by atomic mass is 9.94. The monoisotopic (exact) mass is 718 g/mol. The molecule has 0 radical (unpaired) electrons. The Hall–Kier alpha value is -4.49. The molecule has 11 nitrogen and oxygen atoms in total. The Kier molecular flexibility index (Phi) is 13.9. The number of ether oxygens (including phenoxy) is 1. The summed E-state index contributed by atoms with van der Waals surface area (Å²) in [7, 11) is 0. The molecule has 1 aromatic carbocycles. The number of carbonyl (C=O) groups is 2. The molecule has 1 atom stereocenters. The number of hydrogen-bond donors (Lipinski definition) is 4. The van der Waals surface area contributed by atoms with Crippen molar-refractivity contribution in [1.29, 1.82) is 0 Å². The Labute approximate surface area is 277 Å². The van der Waals surface area contributed by atoms with Crippen LogP contribution >= 0.6 is 23.1 Å². The largest absolute Gasteiger partial charge is 0.490 e. The van der Waals surface area contributed by atoms with Crippen LogP contribution in [0.3, 0.4) is 0 Å². The standard InChI is InChI=1S/C25H26N6OS2.2C2HF3O2/c1-17-16-33-25(30-17)31-23-21(32-19-6-3-2-4-7-19)14-20(15-29-23)34-22(18-8-12-26-13-9-18)24-27-10-5-11-28-24;2*3-2(4,5)1(6)7/h2-7,10-11,14-16,18,22,26H,8-9,12-13H2,1H3,(H,29,30,31);2*(H,6,7). The zero-order valence-electron chi connectivity index (χ0n) is 24.8. The van der Waals surface area contributed by atoms with Crippen LogP contribution in [0.4, 0.5) is 37.3 Å². The first kappa shape index (κ1) is 38.0. The first-order valence-electron chi connectivity index (χ1n) is 13.8. The van der Waals surface area contributed by atoms with Gasteiger partial charge in [0.15, 0.2) is 16.7 Å². The van der Waals surface area contributed by atoms with Crippen LogP contribution in [0.15, 0.2) is 71.3 Å². The van der Waals surface area contributed by atoms with Crippen LogP contribution in [0, 0.1) is 12.8 Å². The van der Waals surface area contributed by atoms with Gasteiger partial charge in [-0.25, -0.2) is 29.5 Å². The number of thioether (sulfide) groups is 1. The molecule has 4 aromatic rings. The highest BCUT2D eigenvalue weighted by molar-refractivity contribution is 7.99. The minimum absolute atomic E-state index is 0.148. The number of benzene rings is 1. The van der Waals surface area contributed by atoms with E-state index in [1.54, 1.807) is 23.1 Å². The molecule has 0 bridgehead atoms. The predicted molar refractivity (Wildman–Crippen MR) is 164 cm³/mol. The van der Waals surface area contributed by atoms with E-state index >= 15 is 0 Å².